The Morgan fingerprint density at radius 2 is 1.00 bits per heavy atom. The van der Waals surface area contributed by atoms with Gasteiger partial charge in [-0.1, -0.05) is 47.5 Å². The van der Waals surface area contributed by atoms with Crippen molar-refractivity contribution in [3.05, 3.63) is 82.2 Å². The van der Waals surface area contributed by atoms with Crippen LogP contribution in [0.2, 0.25) is 0 Å². The van der Waals surface area contributed by atoms with Gasteiger partial charge in [-0.15, -0.1) is 0 Å². The first-order valence-corrected chi connectivity index (χ1v) is 13.2. The van der Waals surface area contributed by atoms with E-state index >= 15 is 0 Å². The Hall–Kier alpha value is -3.08. The van der Waals surface area contributed by atoms with E-state index in [0.717, 1.165) is 39.0 Å². The Morgan fingerprint density at radius 3 is 1.39 bits per heavy atom. The van der Waals surface area contributed by atoms with Crippen LogP contribution in [0.15, 0.2) is 59.7 Å². The second-order valence-electron chi connectivity index (χ2n) is 11.0. The van der Waals surface area contributed by atoms with Gasteiger partial charge >= 0.3 is 0 Å². The highest BCUT2D eigenvalue weighted by molar-refractivity contribution is 5.88. The van der Waals surface area contributed by atoms with Crippen molar-refractivity contribution in [2.75, 3.05) is 27.2 Å². The zero-order valence-corrected chi connectivity index (χ0v) is 22.8. The molecule has 0 saturated heterocycles. The van der Waals surface area contributed by atoms with E-state index < -0.39 is 0 Å². The molecule has 0 N–H and O–H groups in total. The van der Waals surface area contributed by atoms with Gasteiger partial charge in [0.25, 0.3) is 0 Å². The topological polar surface area (TPSA) is 16.3 Å². The molecule has 188 valence electrons. The van der Waals surface area contributed by atoms with E-state index in [1.54, 1.807) is 0 Å². The summed E-state index contributed by atoms with van der Waals surface area (Å²) in [6, 6.07) is 17.5. The van der Waals surface area contributed by atoms with Gasteiger partial charge in [0.15, 0.2) is 0 Å². The van der Waals surface area contributed by atoms with E-state index in [1.165, 1.54) is 55.5 Å². The number of rotatable bonds is 2. The molecule has 0 spiro atoms. The SMILES string of the molecule is CC(C)=Cn1c2c(c3ccccc31)CN(C)CC2.CC(C)=Cn1c2c(c3ccccc31)CN(C)CC2. The highest BCUT2D eigenvalue weighted by Gasteiger charge is 2.22. The summed E-state index contributed by atoms with van der Waals surface area (Å²) in [6.45, 7) is 13.1. The molecule has 0 radical (unpaired) electrons. The van der Waals surface area contributed by atoms with Crippen molar-refractivity contribution >= 4 is 34.2 Å². The zero-order chi connectivity index (χ0) is 25.4. The monoisotopic (exact) mass is 480 g/mol. The second-order valence-corrected chi connectivity index (χ2v) is 11.0. The summed E-state index contributed by atoms with van der Waals surface area (Å²) in [7, 11) is 4.41. The molecule has 2 aliphatic rings. The van der Waals surface area contributed by atoms with Crippen LogP contribution in [0.25, 0.3) is 34.2 Å². The Balaban J connectivity index is 0.000000148. The van der Waals surface area contributed by atoms with Crippen molar-refractivity contribution in [3.8, 4) is 0 Å². The fraction of sp³-hybridized carbons (Fsp3) is 0.375. The van der Waals surface area contributed by atoms with Crippen LogP contribution in [0.1, 0.15) is 50.2 Å². The van der Waals surface area contributed by atoms with Gasteiger partial charge in [0.2, 0.25) is 0 Å². The van der Waals surface area contributed by atoms with Crippen molar-refractivity contribution in [3.63, 3.8) is 0 Å². The lowest BCUT2D eigenvalue weighted by atomic mass is 10.1. The first-order chi connectivity index (χ1) is 17.3. The summed E-state index contributed by atoms with van der Waals surface area (Å²) >= 11 is 0. The van der Waals surface area contributed by atoms with Crippen LogP contribution in [0.4, 0.5) is 0 Å². The molecule has 4 heteroatoms. The summed E-state index contributed by atoms with van der Waals surface area (Å²) in [5, 5.41) is 2.83. The highest BCUT2D eigenvalue weighted by Crippen LogP contribution is 2.32. The van der Waals surface area contributed by atoms with Crippen molar-refractivity contribution < 1.29 is 0 Å². The number of benzene rings is 2. The van der Waals surface area contributed by atoms with E-state index in [9.17, 15) is 0 Å². The van der Waals surface area contributed by atoms with Crippen LogP contribution in [-0.4, -0.2) is 46.1 Å². The zero-order valence-electron chi connectivity index (χ0n) is 22.8. The van der Waals surface area contributed by atoms with Gasteiger partial charge in [-0.25, -0.2) is 0 Å². The first-order valence-electron chi connectivity index (χ1n) is 13.2. The van der Waals surface area contributed by atoms with Gasteiger partial charge < -0.3 is 18.9 Å². The van der Waals surface area contributed by atoms with Gasteiger partial charge in [-0.3, -0.25) is 0 Å². The number of fused-ring (bicyclic) bond motifs is 6. The van der Waals surface area contributed by atoms with Gasteiger partial charge in [-0.2, -0.15) is 0 Å². The van der Waals surface area contributed by atoms with Gasteiger partial charge in [0.1, 0.15) is 0 Å². The van der Waals surface area contributed by atoms with Crippen molar-refractivity contribution in [1.82, 2.24) is 18.9 Å². The molecule has 0 aliphatic carbocycles. The summed E-state index contributed by atoms with van der Waals surface area (Å²) in [5.74, 6) is 0. The Kier molecular flexibility index (Phi) is 6.92. The molecule has 6 rings (SSSR count). The normalized spacial score (nSPS) is 15.7. The third-order valence-electron chi connectivity index (χ3n) is 7.35. The molecule has 0 saturated carbocycles. The summed E-state index contributed by atoms with van der Waals surface area (Å²) in [4.78, 5) is 4.81. The fourth-order valence-corrected chi connectivity index (χ4v) is 5.77. The van der Waals surface area contributed by atoms with Crippen molar-refractivity contribution in [2.45, 2.75) is 53.6 Å². The van der Waals surface area contributed by atoms with Crippen LogP contribution in [0.3, 0.4) is 0 Å². The quantitative estimate of drug-likeness (QED) is 0.306. The smallest absolute Gasteiger partial charge is 0.0528 e. The molecule has 4 nitrogen and oxygen atoms in total. The molecule has 0 atom stereocenters. The van der Waals surface area contributed by atoms with E-state index in [4.69, 9.17) is 0 Å². The summed E-state index contributed by atoms with van der Waals surface area (Å²) < 4.78 is 4.79. The van der Waals surface area contributed by atoms with Crippen LogP contribution < -0.4 is 0 Å². The van der Waals surface area contributed by atoms with E-state index in [0.29, 0.717) is 0 Å². The number of aromatic nitrogens is 2. The average Bonchev–Trinajstić information content (AvgIpc) is 3.31. The maximum Gasteiger partial charge on any atom is 0.0528 e. The summed E-state index contributed by atoms with van der Waals surface area (Å²) in [5.41, 5.74) is 11.4. The average molecular weight is 481 g/mol. The van der Waals surface area contributed by atoms with Gasteiger partial charge in [0.05, 0.1) is 11.0 Å². The number of likely N-dealkylation sites (N-methyl/N-ethyl adjacent to an activating group) is 2. The number of para-hydroxylation sites is 2. The molecule has 2 aromatic heterocycles. The highest BCUT2D eigenvalue weighted by atomic mass is 15.1. The fourth-order valence-electron chi connectivity index (χ4n) is 5.77. The second kappa shape index (κ2) is 10.1. The summed E-state index contributed by atoms with van der Waals surface area (Å²) in [6.07, 6.45) is 6.83. The molecule has 4 aromatic rings. The van der Waals surface area contributed by atoms with Crippen LogP contribution in [0, 0.1) is 0 Å². The first kappa shape index (κ1) is 24.6. The molecule has 0 bridgehead atoms. The minimum Gasteiger partial charge on any atom is -0.320 e. The minimum atomic E-state index is 1.07. The Labute approximate surface area is 216 Å². The number of allylic oxidation sites excluding steroid dienone is 2. The van der Waals surface area contributed by atoms with Crippen LogP contribution in [-0.2, 0) is 25.9 Å². The third kappa shape index (κ3) is 4.68. The van der Waals surface area contributed by atoms with Crippen LogP contribution >= 0.6 is 0 Å². The Morgan fingerprint density at radius 1 is 0.611 bits per heavy atom. The van der Waals surface area contributed by atoms with Gasteiger partial charge in [-0.05, 0) is 65.0 Å². The van der Waals surface area contributed by atoms with E-state index in [1.807, 2.05) is 0 Å². The lowest BCUT2D eigenvalue weighted by Crippen LogP contribution is -2.26. The molecule has 0 amide bonds. The molecular weight excluding hydrogens is 440 g/mol. The standard InChI is InChI=1S/2C16H20N2/c2*1-12(2)10-18-15-7-5-4-6-13(15)14-11-17(3)9-8-16(14)18/h2*4-7,10H,8-9,11H2,1-3H3. The molecule has 2 aromatic carbocycles. The van der Waals surface area contributed by atoms with E-state index in [-0.39, 0.29) is 0 Å². The molecule has 4 heterocycles. The molecule has 2 aliphatic heterocycles. The molecular formula is C32H40N4. The van der Waals surface area contributed by atoms with Gasteiger partial charge in [0, 0.05) is 73.6 Å². The predicted octanol–water partition coefficient (Wildman–Crippen LogP) is 7.02. The van der Waals surface area contributed by atoms with E-state index in [2.05, 4.69) is 122 Å². The molecule has 36 heavy (non-hydrogen) atoms. The molecule has 0 unspecified atom stereocenters. The lowest BCUT2D eigenvalue weighted by Gasteiger charge is -2.23. The predicted molar refractivity (Wildman–Crippen MR) is 155 cm³/mol. The van der Waals surface area contributed by atoms with Crippen LogP contribution in [0.5, 0.6) is 0 Å². The maximum absolute atomic E-state index is 2.40. The lowest BCUT2D eigenvalue weighted by molar-refractivity contribution is 0.312. The van der Waals surface area contributed by atoms with Crippen molar-refractivity contribution in [1.29, 1.82) is 0 Å². The Bertz CT molecular complexity index is 1340. The number of hydrogen-bond acceptors (Lipinski definition) is 2. The number of hydrogen-bond donors (Lipinski definition) is 0. The van der Waals surface area contributed by atoms with Crippen molar-refractivity contribution in [2.24, 2.45) is 0 Å². The third-order valence-corrected chi connectivity index (χ3v) is 7.35. The molecule has 0 fully saturated rings. The number of nitrogens with zero attached hydrogens (tertiary/aromatic N) is 4. The maximum atomic E-state index is 2.40. The largest absolute Gasteiger partial charge is 0.320 e. The minimum absolute atomic E-state index is 1.07.